The van der Waals surface area contributed by atoms with Gasteiger partial charge in [-0.25, -0.2) is 0 Å². The summed E-state index contributed by atoms with van der Waals surface area (Å²) in [5, 5.41) is 5.66. The Labute approximate surface area is 297 Å². The van der Waals surface area contributed by atoms with Gasteiger partial charge in [-0.15, -0.1) is 0 Å². The molecule has 264 valence electrons. The highest BCUT2D eigenvalue weighted by molar-refractivity contribution is 7.85. The Bertz CT molecular complexity index is 1890. The van der Waals surface area contributed by atoms with Crippen LogP contribution in [0.3, 0.4) is 0 Å². The largest absolute Gasteiger partial charge is 0.351 e. The molecule has 3 N–H and O–H groups in total. The SMILES string of the molecule is Cc1ccc(-c2ccc(NC(=O)[C@@H](Cc3ccc(C(=O)NCCS(=O)(=O)O)cc3)c3ccc([C@H]4CC[C@@H](C(C)(C)C)CC4)cc3)cc2)c(C)c1. The number of carbonyl (C=O) groups excluding carboxylic acids is 2. The number of hydrogen-bond acceptors (Lipinski definition) is 4. The molecule has 0 saturated heterocycles. The summed E-state index contributed by atoms with van der Waals surface area (Å²) in [6.45, 7) is 11.0. The van der Waals surface area contributed by atoms with E-state index in [0.717, 1.165) is 33.9 Å². The van der Waals surface area contributed by atoms with E-state index in [1.54, 1.807) is 12.1 Å². The molecular weight excluding hydrogens is 645 g/mol. The summed E-state index contributed by atoms with van der Waals surface area (Å²) in [5.74, 6) is -0.314. The van der Waals surface area contributed by atoms with Gasteiger partial charge in [-0.2, -0.15) is 8.42 Å². The molecule has 0 aliphatic heterocycles. The van der Waals surface area contributed by atoms with E-state index in [-0.39, 0.29) is 12.5 Å². The van der Waals surface area contributed by atoms with Crippen molar-refractivity contribution in [1.82, 2.24) is 5.32 Å². The van der Waals surface area contributed by atoms with E-state index in [0.29, 0.717) is 23.3 Å². The van der Waals surface area contributed by atoms with E-state index >= 15 is 0 Å². The van der Waals surface area contributed by atoms with Crippen molar-refractivity contribution >= 4 is 27.6 Å². The molecule has 1 fully saturated rings. The van der Waals surface area contributed by atoms with Gasteiger partial charge in [0, 0.05) is 17.8 Å². The zero-order valence-corrected chi connectivity index (χ0v) is 30.6. The maximum absolute atomic E-state index is 14.0. The third-order valence-corrected chi connectivity index (χ3v) is 10.9. The maximum Gasteiger partial charge on any atom is 0.266 e. The molecule has 1 aliphatic rings. The fourth-order valence-corrected chi connectivity index (χ4v) is 7.54. The summed E-state index contributed by atoms with van der Waals surface area (Å²) in [6, 6.07) is 29.9. The van der Waals surface area contributed by atoms with Crippen molar-refractivity contribution in [2.75, 3.05) is 17.6 Å². The first-order valence-corrected chi connectivity index (χ1v) is 19.2. The summed E-state index contributed by atoms with van der Waals surface area (Å²) in [6.07, 6.45) is 5.25. The first-order valence-electron chi connectivity index (χ1n) is 17.6. The maximum atomic E-state index is 14.0. The second-order valence-corrected chi connectivity index (χ2v) is 16.5. The number of aryl methyl sites for hydroxylation is 2. The van der Waals surface area contributed by atoms with Gasteiger partial charge in [0.1, 0.15) is 0 Å². The van der Waals surface area contributed by atoms with Gasteiger partial charge in [0.15, 0.2) is 0 Å². The van der Waals surface area contributed by atoms with Gasteiger partial charge in [-0.1, -0.05) is 93.1 Å². The molecule has 8 heteroatoms. The smallest absolute Gasteiger partial charge is 0.266 e. The second-order valence-electron chi connectivity index (χ2n) is 15.0. The number of rotatable bonds is 11. The highest BCUT2D eigenvalue weighted by Crippen LogP contribution is 2.43. The molecule has 1 saturated carbocycles. The zero-order valence-electron chi connectivity index (χ0n) is 29.8. The van der Waals surface area contributed by atoms with Gasteiger partial charge in [0.2, 0.25) is 5.91 Å². The predicted octanol–water partition coefficient (Wildman–Crippen LogP) is 8.87. The summed E-state index contributed by atoms with van der Waals surface area (Å²) in [7, 11) is -4.17. The lowest BCUT2D eigenvalue weighted by Gasteiger charge is -2.37. The van der Waals surface area contributed by atoms with Crippen LogP contribution in [-0.4, -0.2) is 37.1 Å². The molecular formula is C42H50N2O5S. The Morgan fingerprint density at radius 1 is 0.840 bits per heavy atom. The number of carbonyl (C=O) groups is 2. The molecule has 50 heavy (non-hydrogen) atoms. The van der Waals surface area contributed by atoms with Crippen LogP contribution >= 0.6 is 0 Å². The fourth-order valence-electron chi connectivity index (χ4n) is 7.18. The number of hydrogen-bond donors (Lipinski definition) is 3. The minimum Gasteiger partial charge on any atom is -0.351 e. The van der Waals surface area contributed by atoms with Crippen LogP contribution in [0.15, 0.2) is 91.0 Å². The Hall–Kier alpha value is -4.27. The lowest BCUT2D eigenvalue weighted by Crippen LogP contribution is -2.28. The fraction of sp³-hybridized carbons (Fsp3) is 0.381. The molecule has 0 heterocycles. The quantitative estimate of drug-likeness (QED) is 0.136. The first kappa shape index (κ1) is 37.0. The molecule has 7 nitrogen and oxygen atoms in total. The lowest BCUT2D eigenvalue weighted by atomic mass is 9.68. The highest BCUT2D eigenvalue weighted by atomic mass is 32.2. The minimum absolute atomic E-state index is 0.116. The van der Waals surface area contributed by atoms with Gasteiger partial charge in [-0.3, -0.25) is 14.1 Å². The van der Waals surface area contributed by atoms with Gasteiger partial charge < -0.3 is 10.6 Å². The Morgan fingerprint density at radius 3 is 2.06 bits per heavy atom. The summed E-state index contributed by atoms with van der Waals surface area (Å²) in [5.41, 5.74) is 9.22. The topological polar surface area (TPSA) is 113 Å². The van der Waals surface area contributed by atoms with E-state index in [4.69, 9.17) is 4.55 Å². The van der Waals surface area contributed by atoms with Gasteiger partial charge in [0.25, 0.3) is 16.0 Å². The Morgan fingerprint density at radius 2 is 1.48 bits per heavy atom. The molecule has 0 unspecified atom stereocenters. The average molecular weight is 695 g/mol. The Balaban J connectivity index is 1.33. The number of amides is 2. The van der Waals surface area contributed by atoms with Crippen LogP contribution in [0.4, 0.5) is 5.69 Å². The summed E-state index contributed by atoms with van der Waals surface area (Å²) >= 11 is 0. The molecule has 2 amide bonds. The van der Waals surface area contributed by atoms with Crippen molar-refractivity contribution in [3.8, 4) is 11.1 Å². The second kappa shape index (κ2) is 15.7. The van der Waals surface area contributed by atoms with E-state index in [1.807, 2.05) is 36.4 Å². The van der Waals surface area contributed by atoms with E-state index in [9.17, 15) is 18.0 Å². The monoisotopic (exact) mass is 694 g/mol. The van der Waals surface area contributed by atoms with Crippen LogP contribution in [0.25, 0.3) is 11.1 Å². The lowest BCUT2D eigenvalue weighted by molar-refractivity contribution is -0.117. The molecule has 1 aliphatic carbocycles. The van der Waals surface area contributed by atoms with Crippen molar-refractivity contribution in [3.63, 3.8) is 0 Å². The number of anilines is 1. The molecule has 5 rings (SSSR count). The standard InChI is InChI=1S/C42H50N2O5S/c1-28-6-23-38(29(2)26-28)33-17-21-37(22-18-33)44-41(46)39(27-30-7-9-35(10-8-30)40(45)43-24-25-50(47,48)49)34-13-11-31(12-14-34)32-15-19-36(20-16-32)42(3,4)5/h6-14,17-18,21-23,26,32,36,39H,15-16,19-20,24-25,27H2,1-5H3,(H,43,45)(H,44,46)(H,47,48,49)/t32-,36+,39-/m0/s1. The van der Waals surface area contributed by atoms with Gasteiger partial charge in [0.05, 0.1) is 11.7 Å². The van der Waals surface area contributed by atoms with Crippen LogP contribution in [0.5, 0.6) is 0 Å². The Kier molecular flexibility index (Phi) is 11.6. The third kappa shape index (κ3) is 9.92. The highest BCUT2D eigenvalue weighted by Gasteiger charge is 2.30. The summed E-state index contributed by atoms with van der Waals surface area (Å²) in [4.78, 5) is 26.5. The van der Waals surface area contributed by atoms with Crippen molar-refractivity contribution in [3.05, 3.63) is 124 Å². The van der Waals surface area contributed by atoms with Crippen molar-refractivity contribution in [2.45, 2.75) is 78.6 Å². The van der Waals surface area contributed by atoms with Crippen molar-refractivity contribution in [2.24, 2.45) is 11.3 Å². The molecule has 1 atom stereocenters. The minimum atomic E-state index is -4.17. The molecule has 4 aromatic rings. The number of nitrogens with one attached hydrogen (secondary N) is 2. The van der Waals surface area contributed by atoms with Crippen molar-refractivity contribution in [1.29, 1.82) is 0 Å². The van der Waals surface area contributed by atoms with E-state index < -0.39 is 27.7 Å². The third-order valence-electron chi connectivity index (χ3n) is 10.2. The van der Waals surface area contributed by atoms with Crippen LogP contribution in [0, 0.1) is 25.2 Å². The normalized spacial score (nSPS) is 17.2. The molecule has 0 spiro atoms. The van der Waals surface area contributed by atoms with Crippen LogP contribution < -0.4 is 10.6 Å². The van der Waals surface area contributed by atoms with Crippen LogP contribution in [0.2, 0.25) is 0 Å². The van der Waals surface area contributed by atoms with Gasteiger partial charge in [-0.05, 0) is 121 Å². The predicted molar refractivity (Wildman–Crippen MR) is 202 cm³/mol. The number of benzene rings is 4. The van der Waals surface area contributed by atoms with Gasteiger partial charge >= 0.3 is 0 Å². The van der Waals surface area contributed by atoms with Crippen LogP contribution in [0.1, 0.15) is 96.5 Å². The zero-order chi connectivity index (χ0) is 36.1. The summed E-state index contributed by atoms with van der Waals surface area (Å²) < 4.78 is 30.9. The van der Waals surface area contributed by atoms with Crippen LogP contribution in [-0.2, 0) is 21.3 Å². The molecule has 0 aromatic heterocycles. The molecule has 0 bridgehead atoms. The average Bonchev–Trinajstić information content (AvgIpc) is 3.07. The van der Waals surface area contributed by atoms with Crippen molar-refractivity contribution < 1.29 is 22.6 Å². The van der Waals surface area contributed by atoms with E-state index in [2.05, 4.69) is 87.7 Å². The van der Waals surface area contributed by atoms with E-state index in [1.165, 1.54) is 42.4 Å². The first-order chi connectivity index (χ1) is 23.7. The molecule has 0 radical (unpaired) electrons. The molecule has 4 aromatic carbocycles.